The molecule has 2 atom stereocenters. The second kappa shape index (κ2) is 5.38. The van der Waals surface area contributed by atoms with Gasteiger partial charge in [0.25, 0.3) is 0 Å². The maximum atomic E-state index is 6.34. The lowest BCUT2D eigenvalue weighted by Crippen LogP contribution is -2.60. The highest BCUT2D eigenvalue weighted by Gasteiger charge is 2.51. The molecule has 0 amide bonds. The van der Waals surface area contributed by atoms with Crippen LogP contribution in [0.1, 0.15) is 30.4 Å². The van der Waals surface area contributed by atoms with Crippen molar-refractivity contribution in [2.24, 2.45) is 5.73 Å². The molecule has 0 bridgehead atoms. The summed E-state index contributed by atoms with van der Waals surface area (Å²) in [6, 6.07) is 9.70. The molecule has 1 aromatic rings. The van der Waals surface area contributed by atoms with E-state index in [4.69, 9.17) is 5.73 Å². The van der Waals surface area contributed by atoms with Gasteiger partial charge in [-0.3, -0.25) is 9.80 Å². The van der Waals surface area contributed by atoms with Gasteiger partial charge in [0.05, 0.1) is 0 Å². The van der Waals surface area contributed by atoms with Crippen LogP contribution in [0.2, 0.25) is 0 Å². The Morgan fingerprint density at radius 2 is 1.76 bits per heavy atom. The first kappa shape index (κ1) is 13.7. The Hall–Kier alpha value is -0.900. The van der Waals surface area contributed by atoms with Crippen molar-refractivity contribution in [3.63, 3.8) is 0 Å². The van der Waals surface area contributed by atoms with Crippen molar-refractivity contribution in [3.8, 4) is 0 Å². The molecule has 0 radical (unpaired) electrons. The Morgan fingerprint density at radius 1 is 1.05 bits per heavy atom. The molecule has 2 fully saturated rings. The van der Waals surface area contributed by atoms with Gasteiger partial charge in [-0.15, -0.1) is 0 Å². The van der Waals surface area contributed by atoms with E-state index in [-0.39, 0.29) is 5.54 Å². The molecular weight excluding hydrogens is 258 g/mol. The van der Waals surface area contributed by atoms with Gasteiger partial charge in [0.1, 0.15) is 0 Å². The molecule has 3 heteroatoms. The van der Waals surface area contributed by atoms with Gasteiger partial charge in [0, 0.05) is 37.8 Å². The normalized spacial score (nSPS) is 33.7. The van der Waals surface area contributed by atoms with E-state index in [0.717, 1.165) is 6.54 Å². The molecule has 0 aromatic heterocycles. The van der Waals surface area contributed by atoms with Crippen molar-refractivity contribution in [1.82, 2.24) is 9.80 Å². The van der Waals surface area contributed by atoms with Crippen LogP contribution in [0.4, 0.5) is 0 Å². The Kier molecular flexibility index (Phi) is 3.52. The molecule has 0 saturated carbocycles. The summed E-state index contributed by atoms with van der Waals surface area (Å²) in [6.07, 6.45) is 6.35. The third-order valence-corrected chi connectivity index (χ3v) is 6.22. The highest BCUT2D eigenvalue weighted by atomic mass is 15.3. The zero-order chi connectivity index (χ0) is 14.3. The standard InChI is InChI=1S/C18H27N3/c19-14-18(9-13-20-10-3-6-17(18)20)21-11-7-15-4-1-2-5-16(15)8-12-21/h1-2,4-5,17H,3,6-14,19H2. The molecule has 0 spiro atoms. The van der Waals surface area contributed by atoms with Gasteiger partial charge in [-0.05, 0) is 49.8 Å². The smallest absolute Gasteiger partial charge is 0.0499 e. The monoisotopic (exact) mass is 285 g/mol. The number of nitrogens with zero attached hydrogens (tertiary/aromatic N) is 2. The van der Waals surface area contributed by atoms with E-state index in [1.807, 2.05) is 0 Å². The molecule has 2 N–H and O–H groups in total. The van der Waals surface area contributed by atoms with Crippen molar-refractivity contribution in [1.29, 1.82) is 0 Å². The first-order valence-corrected chi connectivity index (χ1v) is 8.59. The van der Waals surface area contributed by atoms with Crippen molar-refractivity contribution in [2.75, 3.05) is 32.7 Å². The van der Waals surface area contributed by atoms with E-state index in [0.29, 0.717) is 6.04 Å². The Balaban J connectivity index is 1.59. The molecule has 3 nitrogen and oxygen atoms in total. The van der Waals surface area contributed by atoms with Gasteiger partial charge in [0.15, 0.2) is 0 Å². The maximum absolute atomic E-state index is 6.34. The minimum absolute atomic E-state index is 0.249. The minimum Gasteiger partial charge on any atom is -0.329 e. The zero-order valence-corrected chi connectivity index (χ0v) is 12.9. The van der Waals surface area contributed by atoms with Crippen molar-refractivity contribution < 1.29 is 0 Å². The fourth-order valence-electron chi connectivity index (χ4n) is 5.06. The lowest BCUT2D eigenvalue weighted by molar-refractivity contribution is 0.0692. The zero-order valence-electron chi connectivity index (χ0n) is 12.9. The van der Waals surface area contributed by atoms with Crippen LogP contribution in [0, 0.1) is 0 Å². The Morgan fingerprint density at radius 3 is 2.43 bits per heavy atom. The van der Waals surface area contributed by atoms with Gasteiger partial charge in [-0.2, -0.15) is 0 Å². The lowest BCUT2D eigenvalue weighted by atomic mass is 9.86. The fourth-order valence-corrected chi connectivity index (χ4v) is 5.06. The SMILES string of the molecule is NCC1(N2CCc3ccccc3CC2)CCN2CCCC21. The van der Waals surface area contributed by atoms with Crippen LogP contribution in [0.5, 0.6) is 0 Å². The first-order chi connectivity index (χ1) is 10.3. The fraction of sp³-hybridized carbons (Fsp3) is 0.667. The number of nitrogens with two attached hydrogens (primary N) is 1. The van der Waals surface area contributed by atoms with Gasteiger partial charge in [0.2, 0.25) is 0 Å². The van der Waals surface area contributed by atoms with Crippen LogP contribution < -0.4 is 5.73 Å². The van der Waals surface area contributed by atoms with E-state index in [1.54, 1.807) is 11.1 Å². The summed E-state index contributed by atoms with van der Waals surface area (Å²) in [5, 5.41) is 0. The summed E-state index contributed by atoms with van der Waals surface area (Å²) >= 11 is 0. The van der Waals surface area contributed by atoms with Gasteiger partial charge in [-0.25, -0.2) is 0 Å². The highest BCUT2D eigenvalue weighted by molar-refractivity contribution is 5.29. The third-order valence-electron chi connectivity index (χ3n) is 6.22. The summed E-state index contributed by atoms with van der Waals surface area (Å²) in [5.41, 5.74) is 9.69. The topological polar surface area (TPSA) is 32.5 Å². The van der Waals surface area contributed by atoms with Crippen LogP contribution >= 0.6 is 0 Å². The van der Waals surface area contributed by atoms with Gasteiger partial charge >= 0.3 is 0 Å². The summed E-state index contributed by atoms with van der Waals surface area (Å²) in [6.45, 7) is 5.73. The van der Waals surface area contributed by atoms with Crippen LogP contribution in [0.15, 0.2) is 24.3 Å². The van der Waals surface area contributed by atoms with Crippen LogP contribution in [-0.4, -0.2) is 54.1 Å². The van der Waals surface area contributed by atoms with E-state index >= 15 is 0 Å². The number of benzene rings is 1. The molecule has 3 heterocycles. The molecule has 21 heavy (non-hydrogen) atoms. The molecule has 114 valence electrons. The second-order valence-electron chi connectivity index (χ2n) is 7.01. The molecule has 4 rings (SSSR count). The number of hydrogen-bond acceptors (Lipinski definition) is 3. The Labute approximate surface area is 128 Å². The molecule has 2 unspecified atom stereocenters. The summed E-state index contributed by atoms with van der Waals surface area (Å²) < 4.78 is 0. The van der Waals surface area contributed by atoms with E-state index in [2.05, 4.69) is 34.1 Å². The number of hydrogen-bond donors (Lipinski definition) is 1. The summed E-state index contributed by atoms with van der Waals surface area (Å²) in [7, 11) is 0. The average molecular weight is 285 g/mol. The minimum atomic E-state index is 0.249. The van der Waals surface area contributed by atoms with Crippen molar-refractivity contribution >= 4 is 0 Å². The highest BCUT2D eigenvalue weighted by Crippen LogP contribution is 2.40. The van der Waals surface area contributed by atoms with Crippen LogP contribution in [-0.2, 0) is 12.8 Å². The van der Waals surface area contributed by atoms with Gasteiger partial charge in [-0.1, -0.05) is 24.3 Å². The van der Waals surface area contributed by atoms with Crippen molar-refractivity contribution in [3.05, 3.63) is 35.4 Å². The van der Waals surface area contributed by atoms with E-state index in [9.17, 15) is 0 Å². The molecule has 2 saturated heterocycles. The second-order valence-corrected chi connectivity index (χ2v) is 7.01. The molecule has 3 aliphatic heterocycles. The molecular formula is C18H27N3. The first-order valence-electron chi connectivity index (χ1n) is 8.59. The third kappa shape index (κ3) is 2.14. The van der Waals surface area contributed by atoms with Gasteiger partial charge < -0.3 is 5.73 Å². The number of fused-ring (bicyclic) bond motifs is 2. The molecule has 0 aliphatic carbocycles. The molecule has 3 aliphatic rings. The summed E-state index contributed by atoms with van der Waals surface area (Å²) in [4.78, 5) is 5.45. The Bertz CT molecular complexity index is 488. The van der Waals surface area contributed by atoms with E-state index < -0.39 is 0 Å². The lowest BCUT2D eigenvalue weighted by Gasteiger charge is -2.44. The average Bonchev–Trinajstić information content (AvgIpc) is 3.05. The largest absolute Gasteiger partial charge is 0.329 e. The summed E-state index contributed by atoms with van der Waals surface area (Å²) in [5.74, 6) is 0. The van der Waals surface area contributed by atoms with Crippen molar-refractivity contribution in [2.45, 2.75) is 43.7 Å². The predicted octanol–water partition coefficient (Wildman–Crippen LogP) is 1.65. The van der Waals surface area contributed by atoms with Crippen LogP contribution in [0.25, 0.3) is 0 Å². The molecule has 1 aromatic carbocycles. The maximum Gasteiger partial charge on any atom is 0.0499 e. The number of rotatable bonds is 2. The van der Waals surface area contributed by atoms with E-state index in [1.165, 1.54) is 58.3 Å². The van der Waals surface area contributed by atoms with Crippen LogP contribution in [0.3, 0.4) is 0 Å². The quantitative estimate of drug-likeness (QED) is 0.897. The predicted molar refractivity (Wildman–Crippen MR) is 86.4 cm³/mol.